The minimum atomic E-state index is -0.126. The molecule has 3 aromatic rings. The van der Waals surface area contributed by atoms with Gasteiger partial charge in [0.05, 0.1) is 11.7 Å². The first-order valence-electron chi connectivity index (χ1n) is 9.59. The van der Waals surface area contributed by atoms with Gasteiger partial charge in [-0.25, -0.2) is 9.97 Å². The number of carbonyl (C=O) groups excluding carboxylic acids is 1. The molecule has 29 heavy (non-hydrogen) atoms. The number of nitrogens with zero attached hydrogens (tertiary/aromatic N) is 6. The zero-order chi connectivity index (χ0) is 20.2. The first-order chi connectivity index (χ1) is 14.1. The molecule has 0 spiro atoms. The summed E-state index contributed by atoms with van der Waals surface area (Å²) in [7, 11) is 1.85. The molecule has 0 bridgehead atoms. The van der Waals surface area contributed by atoms with E-state index in [2.05, 4.69) is 25.4 Å². The molecule has 8 heteroatoms. The van der Waals surface area contributed by atoms with Crippen LogP contribution in [0.25, 0.3) is 6.08 Å². The summed E-state index contributed by atoms with van der Waals surface area (Å²) in [5.74, 6) is 1.33. The molecule has 0 aromatic carbocycles. The standard InChI is InChI=1S/C21H23N7O/c1-15-5-3-10-23-20(15)26-21-19(22-12-13-24-21)17-6-4-14-28(17)18(29)8-7-16-9-11-25-27(16)2/h3,5,7-13,17H,4,6,14H2,1-2H3,(H,23,24,26). The van der Waals surface area contributed by atoms with Crippen molar-refractivity contribution in [3.8, 4) is 0 Å². The first kappa shape index (κ1) is 18.8. The SMILES string of the molecule is Cc1cccnc1Nc1nccnc1C1CCCN1C(=O)C=Cc1ccnn1C. The van der Waals surface area contributed by atoms with Crippen molar-refractivity contribution in [3.05, 3.63) is 66.0 Å². The molecule has 1 saturated heterocycles. The third kappa shape index (κ3) is 4.01. The van der Waals surface area contributed by atoms with Crippen LogP contribution in [-0.2, 0) is 11.8 Å². The van der Waals surface area contributed by atoms with E-state index in [1.807, 2.05) is 37.1 Å². The van der Waals surface area contributed by atoms with Crippen LogP contribution >= 0.6 is 0 Å². The highest BCUT2D eigenvalue weighted by Gasteiger charge is 2.32. The van der Waals surface area contributed by atoms with Gasteiger partial charge < -0.3 is 10.2 Å². The van der Waals surface area contributed by atoms with Crippen LogP contribution in [-0.4, -0.2) is 42.1 Å². The number of nitrogens with one attached hydrogen (secondary N) is 1. The van der Waals surface area contributed by atoms with Crippen LogP contribution in [0.1, 0.15) is 35.8 Å². The molecule has 1 atom stereocenters. The predicted molar refractivity (Wildman–Crippen MR) is 110 cm³/mol. The maximum absolute atomic E-state index is 12.9. The van der Waals surface area contributed by atoms with Crippen LogP contribution < -0.4 is 5.32 Å². The number of hydrogen-bond donors (Lipinski definition) is 1. The molecule has 148 valence electrons. The molecule has 1 aliphatic heterocycles. The van der Waals surface area contributed by atoms with Crippen molar-refractivity contribution >= 4 is 23.6 Å². The highest BCUT2D eigenvalue weighted by molar-refractivity contribution is 5.92. The van der Waals surface area contributed by atoms with E-state index >= 15 is 0 Å². The van der Waals surface area contributed by atoms with Gasteiger partial charge in [-0.05, 0) is 43.5 Å². The van der Waals surface area contributed by atoms with Crippen molar-refractivity contribution in [2.45, 2.75) is 25.8 Å². The maximum Gasteiger partial charge on any atom is 0.247 e. The molecule has 1 fully saturated rings. The molecule has 1 N–H and O–H groups in total. The third-order valence-corrected chi connectivity index (χ3v) is 5.08. The lowest BCUT2D eigenvalue weighted by Crippen LogP contribution is -2.30. The molecule has 0 radical (unpaired) electrons. The molecule has 4 heterocycles. The number of anilines is 2. The Hall–Kier alpha value is -3.55. The van der Waals surface area contributed by atoms with Crippen molar-refractivity contribution in [2.75, 3.05) is 11.9 Å². The molecular formula is C21H23N7O. The second-order valence-electron chi connectivity index (χ2n) is 6.99. The summed E-state index contributed by atoms with van der Waals surface area (Å²) in [6, 6.07) is 5.62. The van der Waals surface area contributed by atoms with E-state index < -0.39 is 0 Å². The molecule has 4 rings (SSSR count). The average Bonchev–Trinajstić information content (AvgIpc) is 3.37. The van der Waals surface area contributed by atoms with Gasteiger partial charge in [-0.15, -0.1) is 0 Å². The van der Waals surface area contributed by atoms with Crippen LogP contribution in [0.2, 0.25) is 0 Å². The molecule has 1 unspecified atom stereocenters. The van der Waals surface area contributed by atoms with Crippen molar-refractivity contribution < 1.29 is 4.79 Å². The summed E-state index contributed by atoms with van der Waals surface area (Å²) < 4.78 is 1.73. The number of pyridine rings is 1. The monoisotopic (exact) mass is 389 g/mol. The molecular weight excluding hydrogens is 366 g/mol. The fraction of sp³-hybridized carbons (Fsp3) is 0.286. The summed E-state index contributed by atoms with van der Waals surface area (Å²) >= 11 is 0. The van der Waals surface area contributed by atoms with E-state index in [1.165, 1.54) is 0 Å². The first-order valence-corrected chi connectivity index (χ1v) is 9.59. The van der Waals surface area contributed by atoms with E-state index in [1.54, 1.807) is 41.6 Å². The van der Waals surface area contributed by atoms with E-state index in [0.29, 0.717) is 12.4 Å². The van der Waals surface area contributed by atoms with Gasteiger partial charge in [0.15, 0.2) is 5.82 Å². The number of rotatable bonds is 5. The number of likely N-dealkylation sites (tertiary alicyclic amines) is 1. The second kappa shape index (κ2) is 8.22. The number of carbonyl (C=O) groups is 1. The summed E-state index contributed by atoms with van der Waals surface area (Å²) in [4.78, 5) is 28.2. The molecule has 8 nitrogen and oxygen atoms in total. The molecule has 1 amide bonds. The Bertz CT molecular complexity index is 1040. The van der Waals surface area contributed by atoms with Crippen LogP contribution in [0.3, 0.4) is 0 Å². The van der Waals surface area contributed by atoms with Crippen molar-refractivity contribution in [3.63, 3.8) is 0 Å². The van der Waals surface area contributed by atoms with E-state index in [4.69, 9.17) is 0 Å². The molecule has 0 aliphatic carbocycles. The lowest BCUT2D eigenvalue weighted by atomic mass is 10.1. The largest absolute Gasteiger partial charge is 0.330 e. The van der Waals surface area contributed by atoms with Crippen LogP contribution in [0.4, 0.5) is 11.6 Å². The fourth-order valence-corrected chi connectivity index (χ4v) is 3.53. The van der Waals surface area contributed by atoms with Crippen LogP contribution in [0.5, 0.6) is 0 Å². The number of amides is 1. The van der Waals surface area contributed by atoms with E-state index in [9.17, 15) is 4.79 Å². The van der Waals surface area contributed by atoms with Gasteiger partial charge in [0, 0.05) is 44.5 Å². The summed E-state index contributed by atoms with van der Waals surface area (Å²) in [5, 5.41) is 7.41. The average molecular weight is 389 g/mol. The van der Waals surface area contributed by atoms with Crippen LogP contribution in [0.15, 0.2) is 49.1 Å². The molecule has 0 saturated carbocycles. The zero-order valence-corrected chi connectivity index (χ0v) is 16.5. The minimum absolute atomic E-state index is 0.0423. The van der Waals surface area contributed by atoms with Crippen molar-refractivity contribution in [1.29, 1.82) is 0 Å². The number of aromatic nitrogens is 5. The minimum Gasteiger partial charge on any atom is -0.330 e. The van der Waals surface area contributed by atoms with Gasteiger partial charge in [0.1, 0.15) is 11.5 Å². The summed E-state index contributed by atoms with van der Waals surface area (Å²) in [5.41, 5.74) is 2.65. The smallest absolute Gasteiger partial charge is 0.247 e. The number of aryl methyl sites for hydroxylation is 2. The van der Waals surface area contributed by atoms with Gasteiger partial charge in [0.25, 0.3) is 0 Å². The van der Waals surface area contributed by atoms with Crippen molar-refractivity contribution in [2.24, 2.45) is 7.05 Å². The Kier molecular flexibility index (Phi) is 5.33. The molecule has 3 aromatic heterocycles. The number of hydrogen-bond acceptors (Lipinski definition) is 6. The van der Waals surface area contributed by atoms with Gasteiger partial charge >= 0.3 is 0 Å². The lowest BCUT2D eigenvalue weighted by Gasteiger charge is -2.24. The summed E-state index contributed by atoms with van der Waals surface area (Å²) in [6.45, 7) is 2.68. The maximum atomic E-state index is 12.9. The second-order valence-corrected chi connectivity index (χ2v) is 6.99. The summed E-state index contributed by atoms with van der Waals surface area (Å²) in [6.07, 6.45) is 11.9. The predicted octanol–water partition coefficient (Wildman–Crippen LogP) is 3.03. The lowest BCUT2D eigenvalue weighted by molar-refractivity contribution is -0.126. The van der Waals surface area contributed by atoms with E-state index in [-0.39, 0.29) is 11.9 Å². The Morgan fingerprint density at radius 3 is 2.76 bits per heavy atom. The quantitative estimate of drug-likeness (QED) is 0.675. The van der Waals surface area contributed by atoms with Crippen LogP contribution in [0, 0.1) is 6.92 Å². The topological polar surface area (TPSA) is 88.8 Å². The Morgan fingerprint density at radius 1 is 1.14 bits per heavy atom. The Labute approximate surface area is 169 Å². The molecule has 1 aliphatic rings. The Morgan fingerprint density at radius 2 is 1.97 bits per heavy atom. The van der Waals surface area contributed by atoms with Gasteiger partial charge in [-0.2, -0.15) is 5.10 Å². The Balaban J connectivity index is 1.57. The highest BCUT2D eigenvalue weighted by atomic mass is 16.2. The van der Waals surface area contributed by atoms with Gasteiger partial charge in [-0.1, -0.05) is 6.07 Å². The van der Waals surface area contributed by atoms with Crippen molar-refractivity contribution in [1.82, 2.24) is 29.6 Å². The van der Waals surface area contributed by atoms with E-state index in [0.717, 1.165) is 35.6 Å². The zero-order valence-electron chi connectivity index (χ0n) is 16.5. The third-order valence-electron chi connectivity index (χ3n) is 5.08. The van der Waals surface area contributed by atoms with Gasteiger partial charge in [-0.3, -0.25) is 14.5 Å². The highest BCUT2D eigenvalue weighted by Crippen LogP contribution is 2.35. The normalized spacial score (nSPS) is 16.5. The fourth-order valence-electron chi connectivity index (χ4n) is 3.53. The van der Waals surface area contributed by atoms with Gasteiger partial charge in [0.2, 0.25) is 5.91 Å².